The van der Waals surface area contributed by atoms with Gasteiger partial charge < -0.3 is 20.2 Å². The van der Waals surface area contributed by atoms with Crippen molar-refractivity contribution in [3.8, 4) is 0 Å². The molecule has 2 aliphatic rings. The first kappa shape index (κ1) is 22.1. The van der Waals surface area contributed by atoms with Crippen molar-refractivity contribution in [2.24, 2.45) is 5.92 Å². The average Bonchev–Trinajstić information content (AvgIpc) is 3.27. The Morgan fingerprint density at radius 2 is 1.88 bits per heavy atom. The summed E-state index contributed by atoms with van der Waals surface area (Å²) in [5, 5.41) is 17.0. The Morgan fingerprint density at radius 1 is 1.22 bits per heavy atom. The largest absolute Gasteiger partial charge is 0.390 e. The molecule has 3 heterocycles. The molecule has 0 aliphatic carbocycles. The molecule has 3 amide bonds. The van der Waals surface area contributed by atoms with E-state index in [1.165, 1.54) is 4.90 Å². The highest BCUT2D eigenvalue weighted by molar-refractivity contribution is 5.96. The average molecular weight is 451 g/mol. The summed E-state index contributed by atoms with van der Waals surface area (Å²) in [5.41, 5.74) is -0.0250. The summed E-state index contributed by atoms with van der Waals surface area (Å²) < 4.78 is 41.9. The minimum atomic E-state index is -1.61. The molecule has 0 bridgehead atoms. The lowest BCUT2D eigenvalue weighted by Crippen LogP contribution is -2.47. The van der Waals surface area contributed by atoms with Crippen molar-refractivity contribution in [1.82, 2.24) is 14.7 Å². The van der Waals surface area contributed by atoms with E-state index in [1.807, 2.05) is 0 Å². The highest BCUT2D eigenvalue weighted by atomic mass is 19.2. The van der Waals surface area contributed by atoms with Crippen LogP contribution in [0.1, 0.15) is 32.9 Å². The van der Waals surface area contributed by atoms with Crippen LogP contribution in [0.4, 0.5) is 29.3 Å². The first-order valence-electron chi connectivity index (χ1n) is 10.2. The van der Waals surface area contributed by atoms with E-state index >= 15 is 0 Å². The number of hydrogen-bond acceptors (Lipinski definition) is 4. The molecule has 2 atom stereocenters. The van der Waals surface area contributed by atoms with Gasteiger partial charge in [-0.25, -0.2) is 18.0 Å². The molecular weight excluding hydrogens is 427 g/mol. The lowest BCUT2D eigenvalue weighted by Gasteiger charge is -2.35. The van der Waals surface area contributed by atoms with E-state index in [0.29, 0.717) is 36.6 Å². The lowest BCUT2D eigenvalue weighted by molar-refractivity contribution is -0.118. The minimum Gasteiger partial charge on any atom is -0.390 e. The molecule has 2 N–H and O–H groups in total. The maximum atomic E-state index is 13.5. The number of aromatic nitrogens is 2. The van der Waals surface area contributed by atoms with Crippen LogP contribution in [-0.2, 0) is 17.9 Å². The zero-order valence-corrected chi connectivity index (χ0v) is 17.9. The molecule has 32 heavy (non-hydrogen) atoms. The number of carbonyl (C=O) groups is 2. The molecule has 1 saturated heterocycles. The minimum absolute atomic E-state index is 0.103. The van der Waals surface area contributed by atoms with E-state index in [-0.39, 0.29) is 36.5 Å². The van der Waals surface area contributed by atoms with Crippen molar-refractivity contribution in [1.29, 1.82) is 0 Å². The molecule has 11 heteroatoms. The van der Waals surface area contributed by atoms with Crippen LogP contribution < -0.4 is 10.2 Å². The Bertz CT molecular complexity index is 1060. The number of fused-ring (bicyclic) bond motifs is 1. The Hall–Kier alpha value is -3.08. The molecule has 8 nitrogen and oxygen atoms in total. The predicted octanol–water partition coefficient (Wildman–Crippen LogP) is 2.86. The number of rotatable bonds is 3. The standard InChI is InChI=1S/C21H24F3N5O3/c1-11-8-29-17(16(7-25-29)28-9-12(4-18(28)30)21(2,3)32)10-27(11)20(31)26-13-5-14(22)19(24)15(23)6-13/h5-7,11-12,32H,4,8-10H2,1-3H3,(H,26,31)/t11-,12?/m0/s1. The van der Waals surface area contributed by atoms with Gasteiger partial charge in [0.2, 0.25) is 5.91 Å². The second-order valence-corrected chi connectivity index (χ2v) is 8.88. The van der Waals surface area contributed by atoms with Crippen molar-refractivity contribution >= 4 is 23.3 Å². The molecule has 4 rings (SSSR count). The summed E-state index contributed by atoms with van der Waals surface area (Å²) in [5.74, 6) is -4.79. The Balaban J connectivity index is 1.55. The van der Waals surface area contributed by atoms with E-state index in [4.69, 9.17) is 0 Å². The number of nitrogens with zero attached hydrogens (tertiary/aromatic N) is 4. The molecule has 0 saturated carbocycles. The number of nitrogens with one attached hydrogen (secondary N) is 1. The van der Waals surface area contributed by atoms with Gasteiger partial charge in [0.15, 0.2) is 17.5 Å². The normalized spacial score (nSPS) is 21.2. The van der Waals surface area contributed by atoms with Crippen LogP contribution in [0.2, 0.25) is 0 Å². The number of halogens is 3. The fourth-order valence-electron chi connectivity index (χ4n) is 4.12. The highest BCUT2D eigenvalue weighted by Gasteiger charge is 2.41. The van der Waals surface area contributed by atoms with Crippen LogP contribution in [0, 0.1) is 23.4 Å². The third-order valence-electron chi connectivity index (χ3n) is 6.13. The van der Waals surface area contributed by atoms with E-state index < -0.39 is 29.1 Å². The zero-order valence-electron chi connectivity index (χ0n) is 17.9. The molecule has 2 aliphatic heterocycles. The lowest BCUT2D eigenvalue weighted by atomic mass is 9.90. The number of anilines is 2. The first-order valence-corrected chi connectivity index (χ1v) is 10.2. The summed E-state index contributed by atoms with van der Waals surface area (Å²) in [6, 6.07) is 0.493. The van der Waals surface area contributed by atoms with Gasteiger partial charge in [-0.15, -0.1) is 0 Å². The smallest absolute Gasteiger partial charge is 0.322 e. The van der Waals surface area contributed by atoms with Crippen LogP contribution >= 0.6 is 0 Å². The van der Waals surface area contributed by atoms with Gasteiger partial charge in [-0.3, -0.25) is 9.48 Å². The van der Waals surface area contributed by atoms with E-state index in [2.05, 4.69) is 10.4 Å². The van der Waals surface area contributed by atoms with Crippen molar-refractivity contribution in [2.75, 3.05) is 16.8 Å². The van der Waals surface area contributed by atoms with Crippen molar-refractivity contribution < 1.29 is 27.9 Å². The number of benzene rings is 1. The van der Waals surface area contributed by atoms with Gasteiger partial charge >= 0.3 is 6.03 Å². The third kappa shape index (κ3) is 3.92. The summed E-state index contributed by atoms with van der Waals surface area (Å²) in [6.07, 6.45) is 1.77. The highest BCUT2D eigenvalue weighted by Crippen LogP contribution is 2.35. The molecule has 1 aromatic carbocycles. The van der Waals surface area contributed by atoms with E-state index in [1.54, 1.807) is 36.5 Å². The summed E-state index contributed by atoms with van der Waals surface area (Å²) >= 11 is 0. The van der Waals surface area contributed by atoms with Crippen LogP contribution in [0.15, 0.2) is 18.3 Å². The molecular formula is C21H24F3N5O3. The number of amides is 3. The number of aliphatic hydroxyl groups is 1. The van der Waals surface area contributed by atoms with E-state index in [0.717, 1.165) is 0 Å². The molecule has 1 fully saturated rings. The zero-order chi connectivity index (χ0) is 23.4. The maximum Gasteiger partial charge on any atom is 0.322 e. The second-order valence-electron chi connectivity index (χ2n) is 8.88. The second kappa shape index (κ2) is 7.80. The van der Waals surface area contributed by atoms with Crippen molar-refractivity contribution in [3.63, 3.8) is 0 Å². The molecule has 2 aromatic rings. The quantitative estimate of drug-likeness (QED) is 0.703. The number of urea groups is 1. The first-order chi connectivity index (χ1) is 15.0. The monoisotopic (exact) mass is 451 g/mol. The molecule has 172 valence electrons. The fourth-order valence-corrected chi connectivity index (χ4v) is 4.12. The van der Waals surface area contributed by atoms with Gasteiger partial charge in [-0.2, -0.15) is 5.10 Å². The maximum absolute atomic E-state index is 13.5. The van der Waals surface area contributed by atoms with Gasteiger partial charge in [0.1, 0.15) is 0 Å². The van der Waals surface area contributed by atoms with E-state index in [9.17, 15) is 27.9 Å². The Kier molecular flexibility index (Phi) is 5.40. The SMILES string of the molecule is C[C@H]1Cn2ncc(N3CC(C(C)(C)O)CC3=O)c2CN1C(=O)Nc1cc(F)c(F)c(F)c1. The Labute approximate surface area is 182 Å². The van der Waals surface area contributed by atoms with Gasteiger partial charge in [0, 0.05) is 36.7 Å². The number of hydrogen-bond donors (Lipinski definition) is 2. The third-order valence-corrected chi connectivity index (χ3v) is 6.13. The molecule has 1 unspecified atom stereocenters. The van der Waals surface area contributed by atoms with Crippen LogP contribution in [0.3, 0.4) is 0 Å². The predicted molar refractivity (Wildman–Crippen MR) is 109 cm³/mol. The molecule has 0 radical (unpaired) electrons. The fraction of sp³-hybridized carbons (Fsp3) is 0.476. The van der Waals surface area contributed by atoms with Crippen molar-refractivity contribution in [3.05, 3.63) is 41.5 Å². The number of carbonyl (C=O) groups excluding carboxylic acids is 2. The van der Waals surface area contributed by atoms with Crippen LogP contribution in [0.25, 0.3) is 0 Å². The Morgan fingerprint density at radius 3 is 2.47 bits per heavy atom. The summed E-state index contributed by atoms with van der Waals surface area (Å²) in [7, 11) is 0. The summed E-state index contributed by atoms with van der Waals surface area (Å²) in [4.78, 5) is 28.5. The van der Waals surface area contributed by atoms with Gasteiger partial charge in [0.05, 0.1) is 42.3 Å². The van der Waals surface area contributed by atoms with Gasteiger partial charge in [0.25, 0.3) is 0 Å². The summed E-state index contributed by atoms with van der Waals surface area (Å²) in [6.45, 7) is 5.91. The molecule has 1 aromatic heterocycles. The van der Waals surface area contributed by atoms with Crippen LogP contribution in [-0.4, -0.2) is 49.9 Å². The van der Waals surface area contributed by atoms with Crippen molar-refractivity contribution in [2.45, 2.75) is 51.9 Å². The topological polar surface area (TPSA) is 90.7 Å². The van der Waals surface area contributed by atoms with Gasteiger partial charge in [-0.1, -0.05) is 0 Å². The molecule has 0 spiro atoms. The van der Waals surface area contributed by atoms with Crippen LogP contribution in [0.5, 0.6) is 0 Å². The van der Waals surface area contributed by atoms with Gasteiger partial charge in [-0.05, 0) is 20.8 Å².